The number of fused-ring (bicyclic) bond motifs is 1. The first kappa shape index (κ1) is 25.1. The van der Waals surface area contributed by atoms with Crippen molar-refractivity contribution in [1.82, 2.24) is 0 Å². The fourth-order valence-electron chi connectivity index (χ4n) is 4.40. The summed E-state index contributed by atoms with van der Waals surface area (Å²) in [7, 11) is 0. The van der Waals surface area contributed by atoms with Gasteiger partial charge < -0.3 is 15.6 Å². The maximum atomic E-state index is 11.4. The van der Waals surface area contributed by atoms with E-state index in [0.29, 0.717) is 36.3 Å². The van der Waals surface area contributed by atoms with Gasteiger partial charge in [0.15, 0.2) is 6.29 Å². The lowest BCUT2D eigenvalue weighted by molar-refractivity contribution is 0.104. The SMILES string of the molecule is CC(C)(N)[C@H](O)c1cc2ccccc2cc1CCCOc1ccc(-c2ccccc2C=O)cc1C#N. The fraction of sp³-hybridized carbons (Fsp3) is 0.226. The van der Waals surface area contributed by atoms with Crippen LogP contribution in [0.15, 0.2) is 78.9 Å². The molecule has 3 N–H and O–H groups in total. The van der Waals surface area contributed by atoms with Crippen molar-refractivity contribution in [2.75, 3.05) is 6.61 Å². The van der Waals surface area contributed by atoms with Crippen molar-refractivity contribution in [2.45, 2.75) is 38.3 Å². The second-order valence-corrected chi connectivity index (χ2v) is 9.60. The Kier molecular flexibility index (Phi) is 7.49. The minimum Gasteiger partial charge on any atom is -0.492 e. The topological polar surface area (TPSA) is 96.3 Å². The molecular formula is C31H30N2O3. The van der Waals surface area contributed by atoms with E-state index >= 15 is 0 Å². The van der Waals surface area contributed by atoms with Crippen molar-refractivity contribution in [2.24, 2.45) is 5.73 Å². The van der Waals surface area contributed by atoms with Gasteiger partial charge in [0.1, 0.15) is 11.8 Å². The predicted molar refractivity (Wildman–Crippen MR) is 143 cm³/mol. The summed E-state index contributed by atoms with van der Waals surface area (Å²) in [5, 5.41) is 22.8. The predicted octanol–water partition coefficient (Wildman–Crippen LogP) is 5.97. The molecule has 0 heterocycles. The lowest BCUT2D eigenvalue weighted by atomic mass is 9.86. The van der Waals surface area contributed by atoms with Gasteiger partial charge in [0.05, 0.1) is 18.3 Å². The maximum Gasteiger partial charge on any atom is 0.150 e. The number of nitriles is 1. The highest BCUT2D eigenvalue weighted by Gasteiger charge is 2.26. The molecule has 4 aromatic carbocycles. The first-order valence-corrected chi connectivity index (χ1v) is 12.0. The van der Waals surface area contributed by atoms with Crippen molar-refractivity contribution in [1.29, 1.82) is 5.26 Å². The minimum absolute atomic E-state index is 0.410. The monoisotopic (exact) mass is 478 g/mol. The van der Waals surface area contributed by atoms with Crippen LogP contribution in [-0.2, 0) is 6.42 Å². The normalized spacial score (nSPS) is 12.2. The number of nitrogens with two attached hydrogens (primary N) is 1. The van der Waals surface area contributed by atoms with Crippen LogP contribution in [0, 0.1) is 11.3 Å². The van der Waals surface area contributed by atoms with E-state index < -0.39 is 11.6 Å². The zero-order valence-corrected chi connectivity index (χ0v) is 20.6. The summed E-state index contributed by atoms with van der Waals surface area (Å²) in [6.45, 7) is 4.05. The molecular weight excluding hydrogens is 448 g/mol. The standard InChI is InChI=1S/C31H30N2O3/c1-31(2,33)30(35)28-18-22-9-4-3-8-21(22)16-23(28)11-7-15-36-29-14-13-24(17-26(29)19-32)27-12-6-5-10-25(27)20-34/h3-6,8-10,12-14,16-18,20,30,35H,7,11,15,33H2,1-2H3/t30-/m1/s1. The molecule has 4 rings (SSSR count). The van der Waals surface area contributed by atoms with E-state index in [-0.39, 0.29) is 0 Å². The van der Waals surface area contributed by atoms with Gasteiger partial charge >= 0.3 is 0 Å². The van der Waals surface area contributed by atoms with E-state index in [1.807, 2.05) is 62.4 Å². The van der Waals surface area contributed by atoms with Crippen molar-refractivity contribution in [3.63, 3.8) is 0 Å². The van der Waals surface area contributed by atoms with E-state index in [1.54, 1.807) is 18.2 Å². The average molecular weight is 479 g/mol. The molecule has 0 aliphatic rings. The summed E-state index contributed by atoms with van der Waals surface area (Å²) >= 11 is 0. The number of carbonyl (C=O) groups is 1. The molecule has 0 amide bonds. The molecule has 36 heavy (non-hydrogen) atoms. The molecule has 0 radical (unpaired) electrons. The zero-order valence-electron chi connectivity index (χ0n) is 20.6. The summed E-state index contributed by atoms with van der Waals surface area (Å²) in [6.07, 6.45) is 1.41. The van der Waals surface area contributed by atoms with Gasteiger partial charge in [-0.25, -0.2) is 0 Å². The highest BCUT2D eigenvalue weighted by atomic mass is 16.5. The van der Waals surface area contributed by atoms with Crippen LogP contribution in [0.25, 0.3) is 21.9 Å². The van der Waals surface area contributed by atoms with Gasteiger partial charge in [-0.3, -0.25) is 4.79 Å². The van der Waals surface area contributed by atoms with Gasteiger partial charge in [0.25, 0.3) is 0 Å². The van der Waals surface area contributed by atoms with Crippen LogP contribution in [0.4, 0.5) is 0 Å². The van der Waals surface area contributed by atoms with E-state index in [4.69, 9.17) is 10.5 Å². The van der Waals surface area contributed by atoms with Crippen LogP contribution in [-0.4, -0.2) is 23.5 Å². The van der Waals surface area contributed by atoms with Crippen molar-refractivity contribution >= 4 is 17.1 Å². The van der Waals surface area contributed by atoms with E-state index in [2.05, 4.69) is 18.2 Å². The molecule has 5 heteroatoms. The summed E-state index contributed by atoms with van der Waals surface area (Å²) < 4.78 is 5.97. The van der Waals surface area contributed by atoms with Crippen LogP contribution in [0.5, 0.6) is 5.75 Å². The summed E-state index contributed by atoms with van der Waals surface area (Å²) in [5.74, 6) is 0.506. The quantitative estimate of drug-likeness (QED) is 0.228. The number of benzene rings is 4. The Hall–Kier alpha value is -3.98. The fourth-order valence-corrected chi connectivity index (χ4v) is 4.40. The molecule has 4 aromatic rings. The van der Waals surface area contributed by atoms with Crippen LogP contribution < -0.4 is 10.5 Å². The Morgan fingerprint density at radius 2 is 1.72 bits per heavy atom. The molecule has 0 aromatic heterocycles. The van der Waals surface area contributed by atoms with E-state index in [1.165, 1.54) is 0 Å². The number of aliphatic hydroxyl groups is 1. The Morgan fingerprint density at radius 3 is 2.42 bits per heavy atom. The zero-order chi connectivity index (χ0) is 25.7. The lowest BCUT2D eigenvalue weighted by Gasteiger charge is -2.28. The van der Waals surface area contributed by atoms with Gasteiger partial charge in [-0.1, -0.05) is 60.7 Å². The Morgan fingerprint density at radius 1 is 1.03 bits per heavy atom. The summed E-state index contributed by atoms with van der Waals surface area (Å²) in [6, 6.07) is 27.1. The second kappa shape index (κ2) is 10.7. The molecule has 182 valence electrons. The number of rotatable bonds is 9. The van der Waals surface area contributed by atoms with Gasteiger partial charge in [-0.2, -0.15) is 5.26 Å². The van der Waals surface area contributed by atoms with E-state index in [0.717, 1.165) is 39.3 Å². The second-order valence-electron chi connectivity index (χ2n) is 9.60. The van der Waals surface area contributed by atoms with Crippen LogP contribution >= 0.6 is 0 Å². The number of aldehydes is 1. The Bertz CT molecular complexity index is 1430. The smallest absolute Gasteiger partial charge is 0.150 e. The third-order valence-corrected chi connectivity index (χ3v) is 6.35. The summed E-state index contributed by atoms with van der Waals surface area (Å²) in [4.78, 5) is 11.4. The average Bonchev–Trinajstić information content (AvgIpc) is 2.89. The number of hydrogen-bond acceptors (Lipinski definition) is 5. The molecule has 0 spiro atoms. The number of carbonyl (C=O) groups excluding carboxylic acids is 1. The first-order valence-electron chi connectivity index (χ1n) is 12.0. The third kappa shape index (κ3) is 5.46. The minimum atomic E-state index is -0.801. The third-order valence-electron chi connectivity index (χ3n) is 6.35. The molecule has 0 saturated carbocycles. The highest BCUT2D eigenvalue weighted by molar-refractivity contribution is 5.88. The Balaban J connectivity index is 1.50. The molecule has 5 nitrogen and oxygen atoms in total. The van der Waals surface area contributed by atoms with Gasteiger partial charge in [-0.05, 0) is 77.9 Å². The molecule has 1 atom stereocenters. The summed E-state index contributed by atoms with van der Waals surface area (Å²) in [5.41, 5.74) is 9.88. The number of aliphatic hydroxyl groups excluding tert-OH is 1. The number of nitrogens with zero attached hydrogens (tertiary/aromatic N) is 1. The van der Waals surface area contributed by atoms with Gasteiger partial charge in [0.2, 0.25) is 0 Å². The molecule has 0 aliphatic heterocycles. The molecule has 0 unspecified atom stereocenters. The molecule has 0 saturated heterocycles. The van der Waals surface area contributed by atoms with Crippen LogP contribution in [0.1, 0.15) is 53.4 Å². The molecule has 0 bridgehead atoms. The van der Waals surface area contributed by atoms with Crippen molar-refractivity contribution in [3.05, 3.63) is 101 Å². The Labute approximate surface area is 211 Å². The van der Waals surface area contributed by atoms with Crippen molar-refractivity contribution in [3.8, 4) is 22.9 Å². The largest absolute Gasteiger partial charge is 0.492 e. The van der Waals surface area contributed by atoms with E-state index in [9.17, 15) is 15.2 Å². The first-order chi connectivity index (χ1) is 17.3. The van der Waals surface area contributed by atoms with Crippen molar-refractivity contribution < 1.29 is 14.6 Å². The van der Waals surface area contributed by atoms with Gasteiger partial charge in [-0.15, -0.1) is 0 Å². The highest BCUT2D eigenvalue weighted by Crippen LogP contribution is 2.32. The number of aryl methyl sites for hydroxylation is 1. The van der Waals surface area contributed by atoms with Gasteiger partial charge in [0, 0.05) is 11.1 Å². The molecule has 0 fully saturated rings. The number of ether oxygens (including phenoxy) is 1. The van der Waals surface area contributed by atoms with Crippen LogP contribution in [0.2, 0.25) is 0 Å². The number of hydrogen-bond donors (Lipinski definition) is 2. The maximum absolute atomic E-state index is 11.4. The molecule has 0 aliphatic carbocycles. The van der Waals surface area contributed by atoms with Crippen LogP contribution in [0.3, 0.4) is 0 Å². The lowest BCUT2D eigenvalue weighted by Crippen LogP contribution is -2.39.